The van der Waals surface area contributed by atoms with E-state index in [1.54, 1.807) is 0 Å². The third-order valence-electron chi connectivity index (χ3n) is 5.50. The quantitative estimate of drug-likeness (QED) is 0.829. The van der Waals surface area contributed by atoms with Crippen molar-refractivity contribution in [2.24, 2.45) is 5.92 Å². The molecule has 1 aliphatic heterocycles. The van der Waals surface area contributed by atoms with E-state index >= 15 is 0 Å². The average Bonchev–Trinajstić information content (AvgIpc) is 3.11. The van der Waals surface area contributed by atoms with Crippen LogP contribution in [0.2, 0.25) is 0 Å². The van der Waals surface area contributed by atoms with Crippen LogP contribution in [0.1, 0.15) is 57.8 Å². The van der Waals surface area contributed by atoms with Crippen molar-refractivity contribution in [2.75, 3.05) is 13.1 Å². The van der Waals surface area contributed by atoms with Crippen LogP contribution in [0.3, 0.4) is 0 Å². The van der Waals surface area contributed by atoms with E-state index in [0.29, 0.717) is 18.1 Å². The summed E-state index contributed by atoms with van der Waals surface area (Å²) in [6.45, 7) is 1.83. The van der Waals surface area contributed by atoms with Crippen molar-refractivity contribution in [1.82, 2.24) is 10.2 Å². The maximum absolute atomic E-state index is 11.4. The van der Waals surface area contributed by atoms with Crippen LogP contribution in [0.15, 0.2) is 0 Å². The molecule has 20 heavy (non-hydrogen) atoms. The normalized spacial score (nSPS) is 33.8. The Labute approximate surface area is 121 Å². The first kappa shape index (κ1) is 14.3. The van der Waals surface area contributed by atoms with E-state index in [0.717, 1.165) is 19.5 Å². The van der Waals surface area contributed by atoms with Crippen LogP contribution in [0.5, 0.6) is 0 Å². The molecule has 0 aromatic carbocycles. The van der Waals surface area contributed by atoms with Gasteiger partial charge in [0.1, 0.15) is 0 Å². The zero-order chi connectivity index (χ0) is 13.9. The first-order chi connectivity index (χ1) is 9.72. The summed E-state index contributed by atoms with van der Waals surface area (Å²) >= 11 is 0. The van der Waals surface area contributed by atoms with Crippen molar-refractivity contribution in [3.8, 4) is 0 Å². The molecule has 1 heterocycles. The van der Waals surface area contributed by atoms with E-state index in [1.165, 1.54) is 51.4 Å². The van der Waals surface area contributed by atoms with E-state index in [9.17, 15) is 9.90 Å². The summed E-state index contributed by atoms with van der Waals surface area (Å²) in [6.07, 6.45) is 11.2. The molecule has 0 aromatic heterocycles. The summed E-state index contributed by atoms with van der Waals surface area (Å²) < 4.78 is 0. The Balaban J connectivity index is 1.61. The molecule has 1 saturated heterocycles. The van der Waals surface area contributed by atoms with Crippen LogP contribution in [-0.4, -0.2) is 47.2 Å². The van der Waals surface area contributed by atoms with Crippen molar-refractivity contribution in [1.29, 1.82) is 0 Å². The van der Waals surface area contributed by atoms with Crippen LogP contribution in [0.4, 0.5) is 0 Å². The molecule has 0 radical (unpaired) electrons. The maximum atomic E-state index is 11.4. The van der Waals surface area contributed by atoms with Crippen LogP contribution < -0.4 is 5.32 Å². The SMILES string of the molecule is O=C(O)C1CC(NC2CCCC2)CN(C2CCCC2)C1. The molecule has 0 aromatic rings. The Bertz CT molecular complexity index is 335. The molecular formula is C16H28N2O2. The molecule has 3 fully saturated rings. The average molecular weight is 280 g/mol. The van der Waals surface area contributed by atoms with Crippen molar-refractivity contribution in [3.63, 3.8) is 0 Å². The number of likely N-dealkylation sites (tertiary alicyclic amines) is 1. The van der Waals surface area contributed by atoms with Gasteiger partial charge in [-0.1, -0.05) is 25.7 Å². The summed E-state index contributed by atoms with van der Waals surface area (Å²) in [5.74, 6) is -0.783. The number of carbonyl (C=O) groups is 1. The summed E-state index contributed by atoms with van der Waals surface area (Å²) in [5, 5.41) is 13.2. The second-order valence-electron chi connectivity index (χ2n) is 7.01. The van der Waals surface area contributed by atoms with Gasteiger partial charge in [0.2, 0.25) is 0 Å². The van der Waals surface area contributed by atoms with Crippen LogP contribution >= 0.6 is 0 Å². The van der Waals surface area contributed by atoms with Crippen LogP contribution in [-0.2, 0) is 4.79 Å². The summed E-state index contributed by atoms with van der Waals surface area (Å²) in [5.41, 5.74) is 0. The molecule has 2 unspecified atom stereocenters. The van der Waals surface area contributed by atoms with Crippen molar-refractivity contribution >= 4 is 5.97 Å². The molecule has 0 bridgehead atoms. The third kappa shape index (κ3) is 3.34. The van der Waals surface area contributed by atoms with Gasteiger partial charge in [0, 0.05) is 31.2 Å². The van der Waals surface area contributed by atoms with E-state index in [1.807, 2.05) is 0 Å². The largest absolute Gasteiger partial charge is 0.481 e. The number of carboxylic acids is 1. The highest BCUT2D eigenvalue weighted by Crippen LogP contribution is 2.29. The van der Waals surface area contributed by atoms with Gasteiger partial charge in [0.15, 0.2) is 0 Å². The summed E-state index contributed by atoms with van der Waals surface area (Å²) in [7, 11) is 0. The fourth-order valence-corrected chi connectivity index (χ4v) is 4.43. The number of hydrogen-bond acceptors (Lipinski definition) is 3. The Morgan fingerprint density at radius 2 is 1.60 bits per heavy atom. The van der Waals surface area contributed by atoms with Gasteiger partial charge in [0.05, 0.1) is 5.92 Å². The lowest BCUT2D eigenvalue weighted by Gasteiger charge is -2.40. The number of carboxylic acid groups (broad SMARTS) is 1. The van der Waals surface area contributed by atoms with Crippen LogP contribution in [0.25, 0.3) is 0 Å². The third-order valence-corrected chi connectivity index (χ3v) is 5.50. The second kappa shape index (κ2) is 6.44. The molecule has 4 heteroatoms. The summed E-state index contributed by atoms with van der Waals surface area (Å²) in [4.78, 5) is 13.9. The Hall–Kier alpha value is -0.610. The van der Waals surface area contributed by atoms with Crippen LogP contribution in [0, 0.1) is 5.92 Å². The van der Waals surface area contributed by atoms with Gasteiger partial charge in [-0.2, -0.15) is 0 Å². The van der Waals surface area contributed by atoms with Gasteiger partial charge in [-0.15, -0.1) is 0 Å². The standard InChI is InChI=1S/C16H28N2O2/c19-16(20)12-9-14(17-13-5-1-2-6-13)11-18(10-12)15-7-3-4-8-15/h12-15,17H,1-11H2,(H,19,20). The lowest BCUT2D eigenvalue weighted by molar-refractivity contribution is -0.144. The van der Waals surface area contributed by atoms with Gasteiger partial charge in [-0.05, 0) is 32.1 Å². The lowest BCUT2D eigenvalue weighted by Crippen LogP contribution is -2.55. The first-order valence-electron chi connectivity index (χ1n) is 8.45. The number of hydrogen-bond donors (Lipinski definition) is 2. The fraction of sp³-hybridized carbons (Fsp3) is 0.938. The smallest absolute Gasteiger partial charge is 0.307 e. The zero-order valence-corrected chi connectivity index (χ0v) is 12.4. The highest BCUT2D eigenvalue weighted by molar-refractivity contribution is 5.70. The highest BCUT2D eigenvalue weighted by atomic mass is 16.4. The maximum Gasteiger partial charge on any atom is 0.307 e. The minimum absolute atomic E-state index is 0.178. The van der Waals surface area contributed by atoms with E-state index in [-0.39, 0.29) is 5.92 Å². The van der Waals surface area contributed by atoms with Gasteiger partial charge in [-0.3, -0.25) is 9.69 Å². The van der Waals surface area contributed by atoms with Gasteiger partial charge < -0.3 is 10.4 Å². The molecule has 4 nitrogen and oxygen atoms in total. The topological polar surface area (TPSA) is 52.6 Å². The second-order valence-corrected chi connectivity index (χ2v) is 7.01. The molecule has 2 atom stereocenters. The van der Waals surface area contributed by atoms with Gasteiger partial charge >= 0.3 is 5.97 Å². The minimum Gasteiger partial charge on any atom is -0.481 e. The minimum atomic E-state index is -0.606. The number of piperidine rings is 1. The zero-order valence-electron chi connectivity index (χ0n) is 12.4. The van der Waals surface area contributed by atoms with E-state index in [4.69, 9.17) is 0 Å². The Kier molecular flexibility index (Phi) is 4.61. The van der Waals surface area contributed by atoms with Crippen molar-refractivity contribution in [3.05, 3.63) is 0 Å². The molecule has 2 saturated carbocycles. The molecular weight excluding hydrogens is 252 g/mol. The number of nitrogens with zero attached hydrogens (tertiary/aromatic N) is 1. The molecule has 3 aliphatic rings. The van der Waals surface area contributed by atoms with E-state index < -0.39 is 5.97 Å². The number of nitrogens with one attached hydrogen (secondary N) is 1. The molecule has 2 N–H and O–H groups in total. The predicted molar refractivity (Wildman–Crippen MR) is 78.8 cm³/mol. The van der Waals surface area contributed by atoms with Gasteiger partial charge in [0.25, 0.3) is 0 Å². The highest BCUT2D eigenvalue weighted by Gasteiger charge is 2.36. The van der Waals surface area contributed by atoms with Crippen molar-refractivity contribution in [2.45, 2.75) is 75.9 Å². The molecule has 2 aliphatic carbocycles. The molecule has 0 amide bonds. The Morgan fingerprint density at radius 1 is 0.950 bits per heavy atom. The predicted octanol–water partition coefficient (Wildman–Crippen LogP) is 2.24. The molecule has 0 spiro atoms. The lowest BCUT2D eigenvalue weighted by atomic mass is 9.92. The number of aliphatic carboxylic acids is 1. The molecule has 114 valence electrons. The summed E-state index contributed by atoms with van der Waals surface area (Å²) in [6, 6.07) is 1.66. The van der Waals surface area contributed by atoms with Crippen molar-refractivity contribution < 1.29 is 9.90 Å². The van der Waals surface area contributed by atoms with E-state index in [2.05, 4.69) is 10.2 Å². The number of rotatable bonds is 4. The Morgan fingerprint density at radius 3 is 2.25 bits per heavy atom. The first-order valence-corrected chi connectivity index (χ1v) is 8.45. The molecule has 3 rings (SSSR count). The fourth-order valence-electron chi connectivity index (χ4n) is 4.43. The van der Waals surface area contributed by atoms with Gasteiger partial charge in [-0.25, -0.2) is 0 Å². The monoisotopic (exact) mass is 280 g/mol.